The summed E-state index contributed by atoms with van der Waals surface area (Å²) in [5.41, 5.74) is 0.513. The zero-order valence-corrected chi connectivity index (χ0v) is 12.4. The second-order valence-electron chi connectivity index (χ2n) is 4.28. The first-order valence-corrected chi connectivity index (χ1v) is 6.86. The van der Waals surface area contributed by atoms with E-state index in [0.29, 0.717) is 21.4 Å². The lowest BCUT2D eigenvalue weighted by atomic mass is 10.1. The van der Waals surface area contributed by atoms with Crippen LogP contribution in [0.1, 0.15) is 11.6 Å². The zero-order chi connectivity index (χ0) is 14.5. The van der Waals surface area contributed by atoms with E-state index >= 15 is 0 Å². The minimum absolute atomic E-state index is 0.272. The van der Waals surface area contributed by atoms with Crippen LogP contribution in [-0.2, 0) is 0 Å². The van der Waals surface area contributed by atoms with Gasteiger partial charge < -0.3 is 10.1 Å². The first kappa shape index (κ1) is 15.1. The minimum Gasteiger partial charge on any atom is -0.492 e. The van der Waals surface area contributed by atoms with Gasteiger partial charge in [-0.3, -0.25) is 0 Å². The van der Waals surface area contributed by atoms with Gasteiger partial charge in [-0.1, -0.05) is 35.3 Å². The van der Waals surface area contributed by atoms with Gasteiger partial charge in [-0.2, -0.15) is 0 Å². The van der Waals surface area contributed by atoms with E-state index in [4.69, 9.17) is 27.9 Å². The maximum atomic E-state index is 13.9. The molecule has 0 aliphatic carbocycles. The average molecular weight is 314 g/mol. The third kappa shape index (κ3) is 3.85. The molecule has 0 aromatic heterocycles. The van der Waals surface area contributed by atoms with E-state index in [9.17, 15) is 4.39 Å². The fourth-order valence-electron chi connectivity index (χ4n) is 1.85. The molecule has 0 radical (unpaired) electrons. The molecule has 106 valence electrons. The van der Waals surface area contributed by atoms with E-state index in [1.165, 1.54) is 6.07 Å². The lowest BCUT2D eigenvalue weighted by Gasteiger charge is -2.18. The number of hydrogen-bond acceptors (Lipinski definition) is 2. The van der Waals surface area contributed by atoms with Gasteiger partial charge in [0.15, 0.2) is 0 Å². The van der Waals surface area contributed by atoms with Crippen molar-refractivity contribution < 1.29 is 9.13 Å². The fraction of sp³-hybridized carbons (Fsp3) is 0.200. The third-order valence-electron chi connectivity index (χ3n) is 2.90. The molecule has 0 amide bonds. The highest BCUT2D eigenvalue weighted by Gasteiger charge is 2.15. The van der Waals surface area contributed by atoms with Crippen LogP contribution in [0.4, 0.5) is 4.39 Å². The van der Waals surface area contributed by atoms with E-state index in [1.807, 2.05) is 0 Å². The number of hydrogen-bond donors (Lipinski definition) is 1. The molecule has 2 aromatic carbocycles. The Labute approximate surface area is 127 Å². The molecular formula is C15H14Cl2FNO. The average Bonchev–Trinajstić information content (AvgIpc) is 2.41. The molecule has 0 aliphatic rings. The predicted molar refractivity (Wildman–Crippen MR) is 80.2 cm³/mol. The van der Waals surface area contributed by atoms with E-state index in [0.717, 1.165) is 0 Å². The molecule has 0 fully saturated rings. The Morgan fingerprint density at radius 1 is 1.15 bits per heavy atom. The van der Waals surface area contributed by atoms with Crippen LogP contribution in [0.25, 0.3) is 0 Å². The molecule has 0 heterocycles. The summed E-state index contributed by atoms with van der Waals surface area (Å²) in [5.74, 6) is 0.290. The molecule has 1 N–H and O–H groups in total. The summed E-state index contributed by atoms with van der Waals surface area (Å²) in [4.78, 5) is 0. The van der Waals surface area contributed by atoms with Gasteiger partial charge in [0.05, 0.1) is 6.04 Å². The fourth-order valence-corrected chi connectivity index (χ4v) is 2.19. The predicted octanol–water partition coefficient (Wildman–Crippen LogP) is 4.47. The Kier molecular flexibility index (Phi) is 5.24. The van der Waals surface area contributed by atoms with E-state index in [-0.39, 0.29) is 18.5 Å². The molecule has 2 aromatic rings. The van der Waals surface area contributed by atoms with Crippen molar-refractivity contribution in [3.8, 4) is 5.75 Å². The quantitative estimate of drug-likeness (QED) is 0.879. The first-order chi connectivity index (χ1) is 9.60. The van der Waals surface area contributed by atoms with Crippen molar-refractivity contribution in [1.82, 2.24) is 5.32 Å². The third-order valence-corrected chi connectivity index (χ3v) is 3.37. The molecule has 0 bridgehead atoms. The van der Waals surface area contributed by atoms with Crippen molar-refractivity contribution in [2.24, 2.45) is 0 Å². The van der Waals surface area contributed by atoms with Crippen molar-refractivity contribution >= 4 is 23.2 Å². The van der Waals surface area contributed by atoms with Gasteiger partial charge in [-0.25, -0.2) is 4.39 Å². The number of nitrogens with one attached hydrogen (secondary N) is 1. The maximum Gasteiger partial charge on any atom is 0.129 e. The van der Waals surface area contributed by atoms with Crippen LogP contribution < -0.4 is 10.1 Å². The minimum atomic E-state index is -0.355. The Hall–Kier alpha value is -1.29. The summed E-state index contributed by atoms with van der Waals surface area (Å²) < 4.78 is 19.5. The largest absolute Gasteiger partial charge is 0.492 e. The summed E-state index contributed by atoms with van der Waals surface area (Å²) in [6.45, 7) is 0.287. The number of halogens is 3. The first-order valence-electron chi connectivity index (χ1n) is 6.10. The second-order valence-corrected chi connectivity index (χ2v) is 5.15. The molecular weight excluding hydrogens is 300 g/mol. The summed E-state index contributed by atoms with van der Waals surface area (Å²) in [7, 11) is 1.75. The highest BCUT2D eigenvalue weighted by Crippen LogP contribution is 2.23. The molecule has 1 atom stereocenters. The normalized spacial score (nSPS) is 12.2. The van der Waals surface area contributed by atoms with E-state index in [2.05, 4.69) is 5.32 Å². The molecule has 0 spiro atoms. The van der Waals surface area contributed by atoms with Crippen LogP contribution in [0.3, 0.4) is 0 Å². The highest BCUT2D eigenvalue weighted by atomic mass is 35.5. The number of ether oxygens (including phenoxy) is 1. The number of rotatable bonds is 5. The molecule has 5 heteroatoms. The Morgan fingerprint density at radius 3 is 2.55 bits per heavy atom. The molecule has 0 aliphatic heterocycles. The van der Waals surface area contributed by atoms with Crippen LogP contribution in [0.5, 0.6) is 5.75 Å². The van der Waals surface area contributed by atoms with Gasteiger partial charge in [0, 0.05) is 15.6 Å². The number of likely N-dealkylation sites (N-methyl/N-ethyl adjacent to an activating group) is 1. The molecule has 2 rings (SSSR count). The molecule has 2 nitrogen and oxygen atoms in total. The summed E-state index contributed by atoms with van der Waals surface area (Å²) in [6.07, 6.45) is 0. The van der Waals surface area contributed by atoms with Gasteiger partial charge in [-0.05, 0) is 37.4 Å². The molecule has 1 unspecified atom stereocenters. The SMILES string of the molecule is CNC(COc1cccc(Cl)c1)c1ccc(Cl)cc1F. The van der Waals surface area contributed by atoms with Crippen LogP contribution >= 0.6 is 23.2 Å². The summed E-state index contributed by atoms with van der Waals surface area (Å²) in [6, 6.07) is 11.4. The van der Waals surface area contributed by atoms with E-state index in [1.54, 1.807) is 43.4 Å². The Morgan fingerprint density at radius 2 is 1.90 bits per heavy atom. The van der Waals surface area contributed by atoms with Crippen molar-refractivity contribution in [3.05, 3.63) is 63.9 Å². The highest BCUT2D eigenvalue weighted by molar-refractivity contribution is 6.30. The van der Waals surface area contributed by atoms with Crippen LogP contribution in [0.2, 0.25) is 10.0 Å². The van der Waals surface area contributed by atoms with Crippen molar-refractivity contribution in [2.75, 3.05) is 13.7 Å². The molecule has 20 heavy (non-hydrogen) atoms. The van der Waals surface area contributed by atoms with E-state index < -0.39 is 0 Å². The van der Waals surface area contributed by atoms with Crippen molar-refractivity contribution in [2.45, 2.75) is 6.04 Å². The smallest absolute Gasteiger partial charge is 0.129 e. The van der Waals surface area contributed by atoms with Crippen LogP contribution in [-0.4, -0.2) is 13.7 Å². The standard InChI is InChI=1S/C15H14Cl2FNO/c1-19-15(13-6-5-11(17)8-14(13)18)9-20-12-4-2-3-10(16)7-12/h2-8,15,19H,9H2,1H3. The Balaban J connectivity index is 2.09. The lowest BCUT2D eigenvalue weighted by molar-refractivity contribution is 0.270. The van der Waals surface area contributed by atoms with Crippen molar-refractivity contribution in [1.29, 1.82) is 0 Å². The van der Waals surface area contributed by atoms with Crippen LogP contribution in [0.15, 0.2) is 42.5 Å². The Bertz CT molecular complexity index is 592. The summed E-state index contributed by atoms with van der Waals surface area (Å²) in [5, 5.41) is 3.99. The van der Waals surface area contributed by atoms with Gasteiger partial charge in [-0.15, -0.1) is 0 Å². The second kappa shape index (κ2) is 6.93. The number of benzene rings is 2. The summed E-state index contributed by atoms with van der Waals surface area (Å²) >= 11 is 11.6. The zero-order valence-electron chi connectivity index (χ0n) is 10.9. The van der Waals surface area contributed by atoms with Gasteiger partial charge in [0.1, 0.15) is 18.2 Å². The van der Waals surface area contributed by atoms with Gasteiger partial charge in [0.2, 0.25) is 0 Å². The van der Waals surface area contributed by atoms with Crippen molar-refractivity contribution in [3.63, 3.8) is 0 Å². The maximum absolute atomic E-state index is 13.9. The molecule has 0 saturated heterocycles. The van der Waals surface area contributed by atoms with Gasteiger partial charge >= 0.3 is 0 Å². The molecule has 0 saturated carbocycles. The topological polar surface area (TPSA) is 21.3 Å². The van der Waals surface area contributed by atoms with Crippen LogP contribution in [0, 0.1) is 5.82 Å². The monoisotopic (exact) mass is 313 g/mol. The van der Waals surface area contributed by atoms with Gasteiger partial charge in [0.25, 0.3) is 0 Å². The lowest BCUT2D eigenvalue weighted by Crippen LogP contribution is -2.24.